The van der Waals surface area contributed by atoms with Gasteiger partial charge in [-0.15, -0.1) is 11.6 Å². The SMILES string of the molecule is CC(C)(CCCCCCCl)c1cc(O)c2c(c1)OC(C)(C)[C@@H]1CC[C@@H](CNC(=O)c3cc4cc5c6c(c4oc3=O)CCCN6CCC5)C[C@@H]21. The summed E-state index contributed by atoms with van der Waals surface area (Å²) in [5.41, 5.74) is 5.34. The Kier molecular flexibility index (Phi) is 9.44. The lowest BCUT2D eigenvalue weighted by Gasteiger charge is -2.49. The molecule has 4 heterocycles. The van der Waals surface area contributed by atoms with Crippen molar-refractivity contribution in [3.63, 3.8) is 0 Å². The van der Waals surface area contributed by atoms with Crippen molar-refractivity contribution in [2.45, 2.75) is 122 Å². The zero-order chi connectivity index (χ0) is 34.5. The number of nitrogens with zero attached hydrogens (tertiary/aromatic N) is 1. The number of unbranched alkanes of at least 4 members (excludes halogenated alkanes) is 3. The Balaban J connectivity index is 1.07. The van der Waals surface area contributed by atoms with Crippen molar-refractivity contribution < 1.29 is 19.1 Å². The van der Waals surface area contributed by atoms with Gasteiger partial charge in [-0.2, -0.15) is 0 Å². The molecule has 0 unspecified atom stereocenters. The standard InChI is InChI=1S/C41H53ClN2O5/c1-40(2,15-7-5-6-8-16-42)28-22-33(45)35-30-19-25(13-14-32(30)41(3,4)49-34(35)23-28)24-43-38(46)31-21-27-20-26-11-9-17-44-18-10-12-29(36(26)44)37(27)48-39(31)47/h20-23,25,30,32,45H,5-19,24H2,1-4H3,(H,43,46)/t25-,30-,32-/m1/s1. The molecule has 4 aliphatic rings. The fourth-order valence-electron chi connectivity index (χ4n) is 9.51. The predicted octanol–water partition coefficient (Wildman–Crippen LogP) is 8.77. The second-order valence-electron chi connectivity index (χ2n) is 16.4. The number of benzene rings is 2. The maximum atomic E-state index is 13.5. The number of aromatic hydroxyl groups is 1. The van der Waals surface area contributed by atoms with E-state index in [9.17, 15) is 14.7 Å². The third kappa shape index (κ3) is 6.57. The van der Waals surface area contributed by atoms with Crippen molar-refractivity contribution in [2.75, 3.05) is 30.4 Å². The predicted molar refractivity (Wildman–Crippen MR) is 197 cm³/mol. The third-order valence-corrected chi connectivity index (χ3v) is 12.5. The molecular weight excluding hydrogens is 636 g/mol. The van der Waals surface area contributed by atoms with E-state index >= 15 is 0 Å². The first-order valence-corrected chi connectivity index (χ1v) is 19.3. The van der Waals surface area contributed by atoms with Crippen molar-refractivity contribution >= 4 is 34.2 Å². The van der Waals surface area contributed by atoms with Crippen molar-refractivity contribution in [3.05, 3.63) is 62.5 Å². The van der Waals surface area contributed by atoms with E-state index < -0.39 is 5.63 Å². The molecule has 1 aliphatic carbocycles. The summed E-state index contributed by atoms with van der Waals surface area (Å²) in [4.78, 5) is 29.1. The van der Waals surface area contributed by atoms with Crippen LogP contribution in [0.4, 0.5) is 5.69 Å². The minimum Gasteiger partial charge on any atom is -0.508 e. The Morgan fingerprint density at radius 2 is 1.84 bits per heavy atom. The quantitative estimate of drug-likeness (QED) is 0.126. The average Bonchev–Trinajstić information content (AvgIpc) is 3.06. The number of aryl methyl sites for hydroxylation is 2. The van der Waals surface area contributed by atoms with Crippen molar-refractivity contribution in [3.8, 4) is 11.5 Å². The molecule has 3 aliphatic heterocycles. The molecule has 1 aromatic heterocycles. The fraction of sp³-hybridized carbons (Fsp3) is 0.610. The molecule has 1 amide bonds. The zero-order valence-electron chi connectivity index (χ0n) is 29.8. The van der Waals surface area contributed by atoms with E-state index in [2.05, 4.69) is 50.0 Å². The summed E-state index contributed by atoms with van der Waals surface area (Å²) in [6, 6.07) is 7.99. The molecule has 49 heavy (non-hydrogen) atoms. The zero-order valence-corrected chi connectivity index (χ0v) is 30.5. The first-order chi connectivity index (χ1) is 23.5. The van der Waals surface area contributed by atoms with Crippen molar-refractivity contribution in [1.82, 2.24) is 5.32 Å². The van der Waals surface area contributed by atoms with Gasteiger partial charge < -0.3 is 24.5 Å². The Labute approximate surface area is 295 Å². The number of amides is 1. The summed E-state index contributed by atoms with van der Waals surface area (Å²) in [5.74, 6) is 2.04. The average molecular weight is 689 g/mol. The third-order valence-electron chi connectivity index (χ3n) is 12.2. The van der Waals surface area contributed by atoms with Gasteiger partial charge >= 0.3 is 5.63 Å². The Bertz CT molecular complexity index is 1790. The lowest BCUT2D eigenvalue weighted by Crippen LogP contribution is -2.48. The highest BCUT2D eigenvalue weighted by molar-refractivity contribution is 6.17. The lowest BCUT2D eigenvalue weighted by molar-refractivity contribution is -0.0160. The van der Waals surface area contributed by atoms with Crippen LogP contribution in [0.1, 0.15) is 130 Å². The number of hydrogen-bond donors (Lipinski definition) is 2. The number of phenolic OH excluding ortho intramolecular Hbond substituents is 1. The van der Waals surface area contributed by atoms with Gasteiger partial charge in [-0.1, -0.05) is 33.1 Å². The number of halogens is 1. The number of hydrogen-bond acceptors (Lipinski definition) is 6. The van der Waals surface area contributed by atoms with Crippen molar-refractivity contribution in [1.29, 1.82) is 0 Å². The van der Waals surface area contributed by atoms with E-state index in [1.165, 1.54) is 11.3 Å². The van der Waals surface area contributed by atoms with Crippen LogP contribution in [0, 0.1) is 11.8 Å². The van der Waals surface area contributed by atoms with Gasteiger partial charge in [0.05, 0.1) is 0 Å². The number of nitrogens with one attached hydrogen (secondary N) is 1. The molecule has 8 heteroatoms. The monoisotopic (exact) mass is 688 g/mol. The van der Waals surface area contributed by atoms with Crippen molar-refractivity contribution in [2.24, 2.45) is 11.8 Å². The van der Waals surface area contributed by atoms with Gasteiger partial charge in [0.1, 0.15) is 28.2 Å². The molecule has 7 nitrogen and oxygen atoms in total. The summed E-state index contributed by atoms with van der Waals surface area (Å²) in [6.07, 6.45) is 12.3. The number of anilines is 1. The molecule has 0 bridgehead atoms. The molecule has 0 spiro atoms. The van der Waals surface area contributed by atoms with Crippen LogP contribution >= 0.6 is 11.6 Å². The largest absolute Gasteiger partial charge is 0.508 e. The highest BCUT2D eigenvalue weighted by Gasteiger charge is 2.48. The smallest absolute Gasteiger partial charge is 0.349 e. The van der Waals surface area contributed by atoms with Crippen LogP contribution in [0.15, 0.2) is 33.5 Å². The van der Waals surface area contributed by atoms with E-state index in [0.29, 0.717) is 23.8 Å². The molecule has 1 fully saturated rings. The Hall–Kier alpha value is -3.19. The minimum atomic E-state index is -0.572. The molecule has 264 valence electrons. The molecule has 3 atom stereocenters. The summed E-state index contributed by atoms with van der Waals surface area (Å²) < 4.78 is 12.6. The van der Waals surface area contributed by atoms with Gasteiger partial charge in [0.15, 0.2) is 0 Å². The Morgan fingerprint density at radius 1 is 1.06 bits per heavy atom. The van der Waals surface area contributed by atoms with Crippen LogP contribution in [0.3, 0.4) is 0 Å². The second kappa shape index (κ2) is 13.5. The lowest BCUT2D eigenvalue weighted by atomic mass is 9.63. The number of ether oxygens (including phenoxy) is 1. The number of fused-ring (bicyclic) bond motifs is 5. The molecular formula is C41H53ClN2O5. The molecule has 2 N–H and O–H groups in total. The minimum absolute atomic E-state index is 0.0705. The molecule has 3 aromatic rings. The van der Waals surface area contributed by atoms with Gasteiger partial charge in [0.25, 0.3) is 5.91 Å². The number of alkyl halides is 1. The highest BCUT2D eigenvalue weighted by Crippen LogP contribution is 2.56. The summed E-state index contributed by atoms with van der Waals surface area (Å²) in [7, 11) is 0. The Morgan fingerprint density at radius 3 is 2.63 bits per heavy atom. The molecule has 0 radical (unpaired) electrons. The molecule has 7 rings (SSSR count). The van der Waals surface area contributed by atoms with Gasteiger partial charge in [0, 0.05) is 53.6 Å². The first kappa shape index (κ1) is 34.3. The van der Waals surface area contributed by atoms with E-state index in [1.807, 2.05) is 6.07 Å². The van der Waals surface area contributed by atoms with Crippen LogP contribution < -0.4 is 20.6 Å². The summed E-state index contributed by atoms with van der Waals surface area (Å²) in [6.45, 7) is 11.4. The van der Waals surface area contributed by atoms with E-state index in [1.54, 1.807) is 6.07 Å². The van der Waals surface area contributed by atoms with Gasteiger partial charge in [-0.3, -0.25) is 4.79 Å². The topological polar surface area (TPSA) is 92.0 Å². The number of carbonyl (C=O) groups is 1. The van der Waals surface area contributed by atoms with Gasteiger partial charge in [-0.25, -0.2) is 4.79 Å². The maximum absolute atomic E-state index is 13.5. The fourth-order valence-corrected chi connectivity index (χ4v) is 9.70. The van der Waals surface area contributed by atoms with E-state index in [0.717, 1.165) is 118 Å². The van der Waals surface area contributed by atoms with Gasteiger partial charge in [-0.05, 0) is 124 Å². The van der Waals surface area contributed by atoms with Crippen LogP contribution in [0.2, 0.25) is 0 Å². The van der Waals surface area contributed by atoms with Crippen LogP contribution in [-0.4, -0.2) is 42.1 Å². The van der Waals surface area contributed by atoms with Gasteiger partial charge in [0.2, 0.25) is 0 Å². The second-order valence-corrected chi connectivity index (χ2v) is 16.8. The van der Waals surface area contributed by atoms with E-state index in [-0.39, 0.29) is 40.2 Å². The van der Waals surface area contributed by atoms with E-state index in [4.69, 9.17) is 20.8 Å². The molecule has 0 saturated heterocycles. The normalized spacial score (nSPS) is 22.6. The van der Waals surface area contributed by atoms with Crippen LogP contribution in [-0.2, 0) is 18.3 Å². The molecule has 1 saturated carbocycles. The summed E-state index contributed by atoms with van der Waals surface area (Å²) >= 11 is 5.87. The number of phenols is 1. The van der Waals surface area contributed by atoms with Crippen LogP contribution in [0.25, 0.3) is 11.0 Å². The first-order valence-electron chi connectivity index (χ1n) is 18.7. The highest BCUT2D eigenvalue weighted by atomic mass is 35.5. The molecule has 2 aromatic carbocycles. The van der Waals surface area contributed by atoms with Crippen LogP contribution in [0.5, 0.6) is 11.5 Å². The maximum Gasteiger partial charge on any atom is 0.349 e. The number of rotatable bonds is 10. The number of carbonyl (C=O) groups excluding carboxylic acids is 1. The summed E-state index contributed by atoms with van der Waals surface area (Å²) in [5, 5.41) is 15.5.